The molecular formula is C14H10N2. The first-order chi connectivity index (χ1) is 7.88. The van der Waals surface area contributed by atoms with Crippen molar-refractivity contribution >= 4 is 11.9 Å². The number of rotatable bonds is 2. The molecule has 0 spiro atoms. The molecule has 0 radical (unpaired) electrons. The molecule has 0 aliphatic carbocycles. The average molecular weight is 206 g/mol. The zero-order valence-electron chi connectivity index (χ0n) is 8.67. The van der Waals surface area contributed by atoms with E-state index in [0.29, 0.717) is 5.56 Å². The van der Waals surface area contributed by atoms with Gasteiger partial charge in [-0.3, -0.25) is 4.99 Å². The Bertz CT molecular complexity index is 519. The zero-order valence-corrected chi connectivity index (χ0v) is 8.67. The second-order valence-corrected chi connectivity index (χ2v) is 3.33. The highest BCUT2D eigenvalue weighted by Gasteiger charge is 1.90. The molecule has 0 saturated heterocycles. The summed E-state index contributed by atoms with van der Waals surface area (Å²) in [7, 11) is 0. The van der Waals surface area contributed by atoms with Gasteiger partial charge in [0.25, 0.3) is 0 Å². The summed E-state index contributed by atoms with van der Waals surface area (Å²) >= 11 is 0. The summed E-state index contributed by atoms with van der Waals surface area (Å²) in [4.78, 5) is 4.32. The SMILES string of the molecule is N#Cc1ccc(/C=N/c2ccccc2)cc1. The van der Waals surface area contributed by atoms with E-state index in [1.165, 1.54) is 0 Å². The topological polar surface area (TPSA) is 36.1 Å². The molecule has 0 atom stereocenters. The van der Waals surface area contributed by atoms with Crippen LogP contribution in [-0.4, -0.2) is 6.21 Å². The molecule has 76 valence electrons. The third-order valence-corrected chi connectivity index (χ3v) is 2.16. The molecule has 2 nitrogen and oxygen atoms in total. The fourth-order valence-corrected chi connectivity index (χ4v) is 1.31. The van der Waals surface area contributed by atoms with Gasteiger partial charge in [-0.05, 0) is 29.8 Å². The van der Waals surface area contributed by atoms with E-state index in [9.17, 15) is 0 Å². The molecule has 0 fully saturated rings. The van der Waals surface area contributed by atoms with Crippen LogP contribution in [-0.2, 0) is 0 Å². The van der Waals surface area contributed by atoms with Crippen molar-refractivity contribution in [3.8, 4) is 6.07 Å². The van der Waals surface area contributed by atoms with Crippen LogP contribution in [0, 0.1) is 11.3 Å². The van der Waals surface area contributed by atoms with Crippen molar-refractivity contribution in [1.29, 1.82) is 5.26 Å². The molecule has 0 aromatic heterocycles. The van der Waals surface area contributed by atoms with Gasteiger partial charge in [0.15, 0.2) is 0 Å². The first-order valence-corrected chi connectivity index (χ1v) is 4.98. The Morgan fingerprint density at radius 3 is 2.25 bits per heavy atom. The molecule has 0 aliphatic rings. The Morgan fingerprint density at radius 2 is 1.62 bits per heavy atom. The number of nitriles is 1. The second kappa shape index (κ2) is 4.90. The molecule has 2 aromatic rings. The van der Waals surface area contributed by atoms with E-state index < -0.39 is 0 Å². The van der Waals surface area contributed by atoms with E-state index >= 15 is 0 Å². The van der Waals surface area contributed by atoms with Gasteiger partial charge in [-0.2, -0.15) is 5.26 Å². The van der Waals surface area contributed by atoms with Gasteiger partial charge in [-0.1, -0.05) is 30.3 Å². The van der Waals surface area contributed by atoms with Crippen LogP contribution in [0.4, 0.5) is 5.69 Å². The predicted octanol–water partition coefficient (Wildman–Crippen LogP) is 3.31. The molecular weight excluding hydrogens is 196 g/mol. The number of para-hydroxylation sites is 1. The first-order valence-electron chi connectivity index (χ1n) is 4.98. The fraction of sp³-hybridized carbons (Fsp3) is 0. The van der Waals surface area contributed by atoms with Crippen molar-refractivity contribution in [2.75, 3.05) is 0 Å². The quantitative estimate of drug-likeness (QED) is 0.694. The molecule has 0 bridgehead atoms. The van der Waals surface area contributed by atoms with Crippen molar-refractivity contribution in [2.24, 2.45) is 4.99 Å². The standard InChI is InChI=1S/C14H10N2/c15-10-12-6-8-13(9-7-12)11-16-14-4-2-1-3-5-14/h1-9,11H/b16-11+. The molecule has 2 rings (SSSR count). The highest BCUT2D eigenvalue weighted by molar-refractivity contribution is 5.82. The van der Waals surface area contributed by atoms with Gasteiger partial charge in [0, 0.05) is 6.21 Å². The zero-order chi connectivity index (χ0) is 11.2. The second-order valence-electron chi connectivity index (χ2n) is 3.33. The largest absolute Gasteiger partial charge is 0.256 e. The highest BCUT2D eigenvalue weighted by Crippen LogP contribution is 2.10. The minimum atomic E-state index is 0.664. The van der Waals surface area contributed by atoms with Crippen LogP contribution in [0.1, 0.15) is 11.1 Å². The molecule has 0 unspecified atom stereocenters. The van der Waals surface area contributed by atoms with Crippen LogP contribution in [0.25, 0.3) is 0 Å². The van der Waals surface area contributed by atoms with Gasteiger partial charge in [0.05, 0.1) is 17.3 Å². The number of nitrogens with zero attached hydrogens (tertiary/aromatic N) is 2. The van der Waals surface area contributed by atoms with Crippen LogP contribution in [0.5, 0.6) is 0 Å². The maximum absolute atomic E-state index is 8.65. The summed E-state index contributed by atoms with van der Waals surface area (Å²) in [6.45, 7) is 0. The molecule has 2 heteroatoms. The number of hydrogen-bond donors (Lipinski definition) is 0. The average Bonchev–Trinajstić information content (AvgIpc) is 2.38. The third-order valence-electron chi connectivity index (χ3n) is 2.16. The highest BCUT2D eigenvalue weighted by atomic mass is 14.7. The van der Waals surface area contributed by atoms with E-state index in [1.807, 2.05) is 42.5 Å². The van der Waals surface area contributed by atoms with E-state index in [-0.39, 0.29) is 0 Å². The maximum Gasteiger partial charge on any atom is 0.0991 e. The van der Waals surface area contributed by atoms with Crippen LogP contribution in [0.3, 0.4) is 0 Å². The normalized spacial score (nSPS) is 10.2. The predicted molar refractivity (Wildman–Crippen MR) is 64.9 cm³/mol. The van der Waals surface area contributed by atoms with Gasteiger partial charge >= 0.3 is 0 Å². The van der Waals surface area contributed by atoms with E-state index in [1.54, 1.807) is 18.3 Å². The lowest BCUT2D eigenvalue weighted by Gasteiger charge is -1.93. The molecule has 2 aromatic carbocycles. The lowest BCUT2D eigenvalue weighted by atomic mass is 10.2. The monoisotopic (exact) mass is 206 g/mol. The first kappa shape index (κ1) is 10.1. The number of benzene rings is 2. The Morgan fingerprint density at radius 1 is 0.938 bits per heavy atom. The minimum absolute atomic E-state index is 0.664. The molecule has 0 aliphatic heterocycles. The fourth-order valence-electron chi connectivity index (χ4n) is 1.31. The lowest BCUT2D eigenvalue weighted by Crippen LogP contribution is -1.80. The van der Waals surface area contributed by atoms with Crippen molar-refractivity contribution in [2.45, 2.75) is 0 Å². The molecule has 0 N–H and O–H groups in total. The Hall–Kier alpha value is -2.40. The van der Waals surface area contributed by atoms with E-state index in [4.69, 9.17) is 5.26 Å². The van der Waals surface area contributed by atoms with Gasteiger partial charge in [0.2, 0.25) is 0 Å². The number of aliphatic imine (C=N–C) groups is 1. The van der Waals surface area contributed by atoms with Gasteiger partial charge in [0.1, 0.15) is 0 Å². The van der Waals surface area contributed by atoms with Crippen LogP contribution in [0.2, 0.25) is 0 Å². The van der Waals surface area contributed by atoms with E-state index in [2.05, 4.69) is 11.1 Å². The van der Waals surface area contributed by atoms with Gasteiger partial charge in [-0.15, -0.1) is 0 Å². The Balaban J connectivity index is 2.15. The molecule has 0 amide bonds. The molecule has 0 heterocycles. The van der Waals surface area contributed by atoms with Gasteiger partial charge in [-0.25, -0.2) is 0 Å². The van der Waals surface area contributed by atoms with Crippen LogP contribution >= 0.6 is 0 Å². The summed E-state index contributed by atoms with van der Waals surface area (Å²) < 4.78 is 0. The summed E-state index contributed by atoms with van der Waals surface area (Å²) in [5.41, 5.74) is 2.58. The van der Waals surface area contributed by atoms with Crippen molar-refractivity contribution < 1.29 is 0 Å². The minimum Gasteiger partial charge on any atom is -0.256 e. The smallest absolute Gasteiger partial charge is 0.0991 e. The van der Waals surface area contributed by atoms with Crippen molar-refractivity contribution in [3.05, 3.63) is 65.7 Å². The van der Waals surface area contributed by atoms with Gasteiger partial charge < -0.3 is 0 Å². The Kier molecular flexibility index (Phi) is 3.10. The van der Waals surface area contributed by atoms with Crippen LogP contribution in [0.15, 0.2) is 59.6 Å². The Labute approximate surface area is 94.5 Å². The third kappa shape index (κ3) is 2.55. The van der Waals surface area contributed by atoms with E-state index in [0.717, 1.165) is 11.3 Å². The summed E-state index contributed by atoms with van der Waals surface area (Å²) in [6.07, 6.45) is 1.79. The maximum atomic E-state index is 8.65. The summed E-state index contributed by atoms with van der Waals surface area (Å²) in [5, 5.41) is 8.65. The summed E-state index contributed by atoms with van der Waals surface area (Å²) in [6, 6.07) is 19.2. The molecule has 0 saturated carbocycles. The summed E-state index contributed by atoms with van der Waals surface area (Å²) in [5.74, 6) is 0. The lowest BCUT2D eigenvalue weighted by molar-refractivity contribution is 1.48. The number of hydrogen-bond acceptors (Lipinski definition) is 2. The van der Waals surface area contributed by atoms with Crippen LogP contribution < -0.4 is 0 Å². The van der Waals surface area contributed by atoms with Crippen molar-refractivity contribution in [1.82, 2.24) is 0 Å². The molecule has 16 heavy (non-hydrogen) atoms. The van der Waals surface area contributed by atoms with Crippen molar-refractivity contribution in [3.63, 3.8) is 0 Å².